The Morgan fingerprint density at radius 1 is 1.45 bits per heavy atom. The van der Waals surface area contributed by atoms with Crippen LogP contribution >= 0.6 is 0 Å². The van der Waals surface area contributed by atoms with E-state index in [2.05, 4.69) is 0 Å². The van der Waals surface area contributed by atoms with Crippen LogP contribution in [0.5, 0.6) is 0 Å². The smallest absolute Gasteiger partial charge is 0.352 e. The molecule has 2 fully saturated rings. The number of β-lactam (4-membered cyclic amide) rings is 1. The summed E-state index contributed by atoms with van der Waals surface area (Å²) in [6.07, 6.45) is 1.61. The predicted molar refractivity (Wildman–Crippen MR) is 68.6 cm³/mol. The SMILES string of the molecule is CO[C@@H]1CCC[C@H]2C1=C(C(=O)O)N1C(=O)[C@H](C(C)O)[C@@H]21. The largest absolute Gasteiger partial charge is 0.477 e. The lowest BCUT2D eigenvalue weighted by Crippen LogP contribution is -2.64. The van der Waals surface area contributed by atoms with Crippen molar-refractivity contribution in [3.63, 3.8) is 0 Å². The maximum absolute atomic E-state index is 12.2. The van der Waals surface area contributed by atoms with E-state index in [-0.39, 0.29) is 29.7 Å². The third kappa shape index (κ3) is 1.58. The van der Waals surface area contributed by atoms with Crippen LogP contribution in [0.3, 0.4) is 0 Å². The van der Waals surface area contributed by atoms with E-state index in [0.717, 1.165) is 24.8 Å². The van der Waals surface area contributed by atoms with Gasteiger partial charge in [0.05, 0.1) is 24.2 Å². The zero-order valence-corrected chi connectivity index (χ0v) is 11.6. The Kier molecular flexibility index (Phi) is 3.10. The molecule has 0 bridgehead atoms. The summed E-state index contributed by atoms with van der Waals surface area (Å²) >= 11 is 0. The fourth-order valence-electron chi connectivity index (χ4n) is 4.08. The molecule has 3 rings (SSSR count). The van der Waals surface area contributed by atoms with Crippen molar-refractivity contribution < 1.29 is 24.5 Å². The number of amides is 1. The number of ether oxygens (including phenoxy) is 1. The monoisotopic (exact) mass is 281 g/mol. The van der Waals surface area contributed by atoms with Crippen molar-refractivity contribution in [3.8, 4) is 0 Å². The Morgan fingerprint density at radius 3 is 2.70 bits per heavy atom. The molecule has 6 heteroatoms. The summed E-state index contributed by atoms with van der Waals surface area (Å²) in [7, 11) is 1.57. The van der Waals surface area contributed by atoms with Gasteiger partial charge in [0.25, 0.3) is 0 Å². The van der Waals surface area contributed by atoms with Gasteiger partial charge in [-0.25, -0.2) is 4.79 Å². The van der Waals surface area contributed by atoms with Gasteiger partial charge in [-0.15, -0.1) is 0 Å². The van der Waals surface area contributed by atoms with E-state index in [1.165, 1.54) is 4.90 Å². The first-order valence-electron chi connectivity index (χ1n) is 7.00. The minimum atomic E-state index is -1.08. The summed E-state index contributed by atoms with van der Waals surface area (Å²) in [5.74, 6) is -1.83. The van der Waals surface area contributed by atoms with Gasteiger partial charge in [-0.3, -0.25) is 4.79 Å². The molecule has 2 heterocycles. The summed E-state index contributed by atoms with van der Waals surface area (Å²) in [4.78, 5) is 25.1. The first-order valence-corrected chi connectivity index (χ1v) is 7.00. The van der Waals surface area contributed by atoms with Crippen LogP contribution in [0.4, 0.5) is 0 Å². The fourth-order valence-corrected chi connectivity index (χ4v) is 4.08. The van der Waals surface area contributed by atoms with Crippen molar-refractivity contribution in [2.75, 3.05) is 7.11 Å². The molecule has 5 atom stereocenters. The Hall–Kier alpha value is -1.40. The van der Waals surface area contributed by atoms with Crippen LogP contribution in [0.2, 0.25) is 0 Å². The highest BCUT2D eigenvalue weighted by Crippen LogP contribution is 2.52. The second-order valence-corrected chi connectivity index (χ2v) is 5.84. The minimum absolute atomic E-state index is 0.0112. The number of rotatable bonds is 3. The Bertz CT molecular complexity index is 498. The van der Waals surface area contributed by atoms with E-state index < -0.39 is 18.0 Å². The first-order chi connectivity index (χ1) is 9.49. The van der Waals surface area contributed by atoms with Crippen LogP contribution in [0.25, 0.3) is 0 Å². The van der Waals surface area contributed by atoms with Gasteiger partial charge in [0.15, 0.2) is 0 Å². The summed E-state index contributed by atoms with van der Waals surface area (Å²) in [5, 5.41) is 19.2. The molecule has 1 saturated heterocycles. The molecular weight excluding hydrogens is 262 g/mol. The lowest BCUT2D eigenvalue weighted by atomic mass is 9.72. The number of methoxy groups -OCH3 is 1. The van der Waals surface area contributed by atoms with Crippen molar-refractivity contribution in [1.82, 2.24) is 4.90 Å². The normalized spacial score (nSPS) is 37.4. The van der Waals surface area contributed by atoms with E-state index in [1.54, 1.807) is 14.0 Å². The van der Waals surface area contributed by atoms with Gasteiger partial charge < -0.3 is 19.8 Å². The van der Waals surface area contributed by atoms with Crippen molar-refractivity contribution in [3.05, 3.63) is 11.3 Å². The van der Waals surface area contributed by atoms with Crippen LogP contribution in [-0.4, -0.2) is 52.3 Å². The van der Waals surface area contributed by atoms with Crippen LogP contribution in [-0.2, 0) is 14.3 Å². The third-order valence-corrected chi connectivity index (χ3v) is 4.85. The minimum Gasteiger partial charge on any atom is -0.477 e. The van der Waals surface area contributed by atoms with E-state index in [4.69, 9.17) is 4.74 Å². The van der Waals surface area contributed by atoms with Crippen LogP contribution < -0.4 is 0 Å². The molecule has 3 aliphatic rings. The molecule has 1 saturated carbocycles. The lowest BCUT2D eigenvalue weighted by molar-refractivity contribution is -0.163. The second kappa shape index (κ2) is 4.56. The molecule has 0 aromatic heterocycles. The number of aliphatic hydroxyl groups is 1. The van der Waals surface area contributed by atoms with Gasteiger partial charge in [-0.2, -0.15) is 0 Å². The zero-order valence-electron chi connectivity index (χ0n) is 11.6. The number of aliphatic carboxylic acids is 1. The fraction of sp³-hybridized carbons (Fsp3) is 0.714. The quantitative estimate of drug-likeness (QED) is 0.729. The Labute approximate surface area is 117 Å². The van der Waals surface area contributed by atoms with Crippen molar-refractivity contribution >= 4 is 11.9 Å². The van der Waals surface area contributed by atoms with Gasteiger partial charge >= 0.3 is 5.97 Å². The van der Waals surface area contributed by atoms with Crippen molar-refractivity contribution in [2.24, 2.45) is 11.8 Å². The van der Waals surface area contributed by atoms with E-state index in [1.807, 2.05) is 0 Å². The average molecular weight is 281 g/mol. The summed E-state index contributed by atoms with van der Waals surface area (Å²) in [6.45, 7) is 1.59. The first kappa shape index (κ1) is 13.6. The highest BCUT2D eigenvalue weighted by atomic mass is 16.5. The maximum atomic E-state index is 12.2. The summed E-state index contributed by atoms with van der Waals surface area (Å²) in [5.41, 5.74) is 0.834. The molecule has 0 radical (unpaired) electrons. The van der Waals surface area contributed by atoms with Gasteiger partial charge in [0, 0.05) is 13.0 Å². The molecule has 1 amide bonds. The van der Waals surface area contributed by atoms with Crippen molar-refractivity contribution in [1.29, 1.82) is 0 Å². The number of nitrogens with zero attached hydrogens (tertiary/aromatic N) is 1. The third-order valence-electron chi connectivity index (χ3n) is 4.85. The molecule has 0 aromatic rings. The van der Waals surface area contributed by atoms with Gasteiger partial charge in [-0.1, -0.05) is 0 Å². The van der Waals surface area contributed by atoms with Crippen LogP contribution in [0.1, 0.15) is 26.2 Å². The molecule has 1 aliphatic carbocycles. The second-order valence-electron chi connectivity index (χ2n) is 5.84. The molecule has 20 heavy (non-hydrogen) atoms. The van der Waals surface area contributed by atoms with Crippen LogP contribution in [0, 0.1) is 11.8 Å². The highest BCUT2D eigenvalue weighted by molar-refractivity contribution is 6.00. The Balaban J connectivity index is 2.04. The van der Waals surface area contributed by atoms with E-state index in [9.17, 15) is 19.8 Å². The average Bonchev–Trinajstić information content (AvgIpc) is 2.69. The standard InChI is InChI=1S/C14H19NO5/c1-6(16)9-11-7-4-3-5-8(20-2)10(7)12(14(18)19)15(11)13(9)17/h6-9,11,16H,3-5H2,1-2H3,(H,18,19)/t6?,7-,8+,9+,11+/m0/s1. The van der Waals surface area contributed by atoms with E-state index in [0.29, 0.717) is 0 Å². The number of carbonyl (C=O) groups is 2. The number of carbonyl (C=O) groups excluding carboxylic acids is 1. The van der Waals surface area contributed by atoms with Crippen molar-refractivity contribution in [2.45, 2.75) is 44.4 Å². The molecule has 2 aliphatic heterocycles. The number of hydrogen-bond donors (Lipinski definition) is 2. The predicted octanol–water partition coefficient (Wildman–Crippen LogP) is 0.362. The van der Waals surface area contributed by atoms with E-state index >= 15 is 0 Å². The molecule has 1 unspecified atom stereocenters. The maximum Gasteiger partial charge on any atom is 0.352 e. The summed E-state index contributed by atoms with van der Waals surface area (Å²) < 4.78 is 5.42. The van der Waals surface area contributed by atoms with Gasteiger partial charge in [0.2, 0.25) is 5.91 Å². The molecule has 2 N–H and O–H groups in total. The molecular formula is C14H19NO5. The number of carboxylic acid groups (broad SMARTS) is 1. The Morgan fingerprint density at radius 2 is 2.15 bits per heavy atom. The highest BCUT2D eigenvalue weighted by Gasteiger charge is 2.62. The lowest BCUT2D eigenvalue weighted by Gasteiger charge is -2.47. The summed E-state index contributed by atoms with van der Waals surface area (Å²) in [6, 6.07) is -0.207. The molecule has 0 aromatic carbocycles. The molecule has 110 valence electrons. The topological polar surface area (TPSA) is 87.1 Å². The number of hydrogen-bond acceptors (Lipinski definition) is 4. The zero-order chi connectivity index (χ0) is 14.6. The number of aliphatic hydroxyl groups excluding tert-OH is 1. The van der Waals surface area contributed by atoms with Gasteiger partial charge in [0.1, 0.15) is 5.70 Å². The van der Waals surface area contributed by atoms with Crippen LogP contribution in [0.15, 0.2) is 11.3 Å². The van der Waals surface area contributed by atoms with Gasteiger partial charge in [-0.05, 0) is 31.8 Å². The molecule has 6 nitrogen and oxygen atoms in total. The molecule has 0 spiro atoms. The number of carboxylic acids is 1. The number of fused-ring (bicyclic) bond motifs is 3.